The lowest BCUT2D eigenvalue weighted by Crippen LogP contribution is -2.07. The maximum absolute atomic E-state index is 11.2. The number of hydrogen-bond donors (Lipinski definition) is 0. The number of fused-ring (bicyclic) bond motifs is 1. The van der Waals surface area contributed by atoms with Crippen molar-refractivity contribution in [3.8, 4) is 0 Å². The molecule has 1 heterocycles. The second-order valence-corrected chi connectivity index (χ2v) is 7.23. The highest BCUT2D eigenvalue weighted by Crippen LogP contribution is 2.22. The number of imidazole rings is 1. The lowest BCUT2D eigenvalue weighted by Gasteiger charge is -2.08. The Balaban J connectivity index is 2.33. The Bertz CT molecular complexity index is 600. The third-order valence-electron chi connectivity index (χ3n) is 2.92. The smallest absolute Gasteiger partial charge is 0.111 e. The highest BCUT2D eigenvalue weighted by Gasteiger charge is 2.10. The topological polar surface area (TPSA) is 34.9 Å². The molecular formula is C13H16BrClN2OS. The molecule has 1 unspecified atom stereocenters. The fourth-order valence-corrected chi connectivity index (χ4v) is 3.15. The van der Waals surface area contributed by atoms with Gasteiger partial charge in [-0.3, -0.25) is 4.21 Å². The molecule has 0 spiro atoms. The van der Waals surface area contributed by atoms with Crippen LogP contribution in [0.5, 0.6) is 0 Å². The van der Waals surface area contributed by atoms with Crippen molar-refractivity contribution in [3.63, 3.8) is 0 Å². The summed E-state index contributed by atoms with van der Waals surface area (Å²) >= 11 is 9.33. The van der Waals surface area contributed by atoms with Crippen LogP contribution >= 0.6 is 27.5 Å². The molecule has 0 radical (unpaired) electrons. The molecule has 1 atom stereocenters. The van der Waals surface area contributed by atoms with Crippen LogP contribution in [0.2, 0.25) is 0 Å². The van der Waals surface area contributed by atoms with Gasteiger partial charge in [0.25, 0.3) is 0 Å². The van der Waals surface area contributed by atoms with E-state index in [9.17, 15) is 4.21 Å². The molecular weight excluding hydrogens is 348 g/mol. The number of aromatic nitrogens is 2. The average molecular weight is 364 g/mol. The van der Waals surface area contributed by atoms with Gasteiger partial charge >= 0.3 is 0 Å². The van der Waals surface area contributed by atoms with Crippen LogP contribution in [0.3, 0.4) is 0 Å². The monoisotopic (exact) mass is 362 g/mol. The van der Waals surface area contributed by atoms with Crippen molar-refractivity contribution < 1.29 is 4.21 Å². The number of alkyl halides is 1. The summed E-state index contributed by atoms with van der Waals surface area (Å²) in [6.45, 7) is 0.832. The van der Waals surface area contributed by atoms with Crippen molar-refractivity contribution in [3.05, 3.63) is 28.5 Å². The molecule has 1 aromatic heterocycles. The van der Waals surface area contributed by atoms with E-state index in [4.69, 9.17) is 11.6 Å². The molecule has 0 fully saturated rings. The molecule has 0 aliphatic carbocycles. The number of benzene rings is 1. The Labute approximate surface area is 128 Å². The minimum atomic E-state index is -0.745. The SMILES string of the molecule is CS(=O)CCCn1c(CCCl)nc2ccc(Br)cc21. The van der Waals surface area contributed by atoms with Crippen molar-refractivity contribution in [2.45, 2.75) is 19.4 Å². The van der Waals surface area contributed by atoms with E-state index in [0.29, 0.717) is 11.6 Å². The van der Waals surface area contributed by atoms with Gasteiger partial charge in [-0.05, 0) is 24.6 Å². The zero-order valence-corrected chi connectivity index (χ0v) is 13.9. The number of halogens is 2. The van der Waals surface area contributed by atoms with Crippen LogP contribution in [-0.2, 0) is 23.8 Å². The first-order chi connectivity index (χ1) is 9.11. The molecule has 0 amide bonds. The number of rotatable bonds is 6. The molecule has 0 saturated heterocycles. The second kappa shape index (κ2) is 6.86. The summed E-state index contributed by atoms with van der Waals surface area (Å²) in [4.78, 5) is 4.62. The van der Waals surface area contributed by atoms with Gasteiger partial charge in [-0.1, -0.05) is 15.9 Å². The predicted octanol–water partition coefficient (Wildman–Crippen LogP) is 3.35. The first kappa shape index (κ1) is 15.0. The van der Waals surface area contributed by atoms with Crippen LogP contribution in [0.25, 0.3) is 11.0 Å². The van der Waals surface area contributed by atoms with Crippen molar-refractivity contribution in [1.29, 1.82) is 0 Å². The van der Waals surface area contributed by atoms with Crippen LogP contribution in [0.15, 0.2) is 22.7 Å². The lowest BCUT2D eigenvalue weighted by molar-refractivity contribution is 0.650. The molecule has 2 aromatic rings. The zero-order valence-electron chi connectivity index (χ0n) is 10.7. The number of hydrogen-bond acceptors (Lipinski definition) is 2. The fourth-order valence-electron chi connectivity index (χ4n) is 2.10. The minimum Gasteiger partial charge on any atom is -0.328 e. The minimum absolute atomic E-state index is 0.560. The van der Waals surface area contributed by atoms with Gasteiger partial charge in [-0.25, -0.2) is 4.98 Å². The van der Waals surface area contributed by atoms with Gasteiger partial charge < -0.3 is 4.57 Å². The van der Waals surface area contributed by atoms with E-state index in [0.717, 1.165) is 40.7 Å². The average Bonchev–Trinajstić information content (AvgIpc) is 2.67. The quantitative estimate of drug-likeness (QED) is 0.738. The zero-order chi connectivity index (χ0) is 13.8. The van der Waals surface area contributed by atoms with E-state index in [2.05, 4.69) is 31.5 Å². The summed E-state index contributed by atoms with van der Waals surface area (Å²) in [5.74, 6) is 2.28. The van der Waals surface area contributed by atoms with Crippen LogP contribution in [-0.4, -0.2) is 31.6 Å². The largest absolute Gasteiger partial charge is 0.328 e. The van der Waals surface area contributed by atoms with Gasteiger partial charge in [0, 0.05) is 46.1 Å². The number of aryl methyl sites for hydroxylation is 2. The van der Waals surface area contributed by atoms with Gasteiger partial charge in [0.05, 0.1) is 11.0 Å². The predicted molar refractivity (Wildman–Crippen MR) is 85.4 cm³/mol. The van der Waals surface area contributed by atoms with Gasteiger partial charge in [0.2, 0.25) is 0 Å². The van der Waals surface area contributed by atoms with E-state index in [1.165, 1.54) is 0 Å². The van der Waals surface area contributed by atoms with Gasteiger partial charge in [-0.15, -0.1) is 11.6 Å². The molecule has 104 valence electrons. The molecule has 0 aliphatic heterocycles. The summed E-state index contributed by atoms with van der Waals surface area (Å²) in [6.07, 6.45) is 3.38. The van der Waals surface area contributed by atoms with E-state index >= 15 is 0 Å². The summed E-state index contributed by atoms with van der Waals surface area (Å²) in [6, 6.07) is 6.07. The van der Waals surface area contributed by atoms with Crippen LogP contribution < -0.4 is 0 Å². The van der Waals surface area contributed by atoms with Gasteiger partial charge in [0.1, 0.15) is 5.82 Å². The van der Waals surface area contributed by atoms with Crippen LogP contribution in [0, 0.1) is 0 Å². The van der Waals surface area contributed by atoms with Crippen molar-refractivity contribution in [2.75, 3.05) is 17.9 Å². The third kappa shape index (κ3) is 3.80. The highest BCUT2D eigenvalue weighted by molar-refractivity contribution is 9.10. The Kier molecular flexibility index (Phi) is 5.42. The maximum Gasteiger partial charge on any atom is 0.111 e. The molecule has 0 bridgehead atoms. The van der Waals surface area contributed by atoms with Gasteiger partial charge in [0.15, 0.2) is 0 Å². The van der Waals surface area contributed by atoms with E-state index < -0.39 is 10.8 Å². The lowest BCUT2D eigenvalue weighted by atomic mass is 10.3. The molecule has 2 rings (SSSR count). The standard InChI is InChI=1S/C13H16BrClN2OS/c1-19(18)8-2-7-17-12-9-10(14)3-4-11(12)16-13(17)5-6-15/h3-4,9H,2,5-8H2,1H3. The summed E-state index contributed by atoms with van der Waals surface area (Å²) in [7, 11) is -0.745. The summed E-state index contributed by atoms with van der Waals surface area (Å²) < 4.78 is 14.4. The second-order valence-electron chi connectivity index (χ2n) is 4.38. The van der Waals surface area contributed by atoms with Crippen molar-refractivity contribution in [1.82, 2.24) is 9.55 Å². The van der Waals surface area contributed by atoms with Gasteiger partial charge in [-0.2, -0.15) is 0 Å². The molecule has 0 saturated carbocycles. The normalized spacial score (nSPS) is 13.0. The maximum atomic E-state index is 11.2. The van der Waals surface area contributed by atoms with E-state index in [-0.39, 0.29) is 0 Å². The summed E-state index contributed by atoms with van der Waals surface area (Å²) in [5, 5.41) is 0. The molecule has 0 aliphatic rings. The molecule has 0 N–H and O–H groups in total. The highest BCUT2D eigenvalue weighted by atomic mass is 79.9. The Hall–Kier alpha value is -0.390. The first-order valence-corrected chi connectivity index (χ1v) is 9.18. The number of nitrogens with zero attached hydrogens (tertiary/aromatic N) is 2. The molecule has 6 heteroatoms. The van der Waals surface area contributed by atoms with Crippen LogP contribution in [0.1, 0.15) is 12.2 Å². The fraction of sp³-hybridized carbons (Fsp3) is 0.462. The molecule has 19 heavy (non-hydrogen) atoms. The molecule has 3 nitrogen and oxygen atoms in total. The third-order valence-corrected chi connectivity index (χ3v) is 4.47. The van der Waals surface area contributed by atoms with E-state index in [1.807, 2.05) is 12.1 Å². The van der Waals surface area contributed by atoms with E-state index in [1.54, 1.807) is 6.26 Å². The summed E-state index contributed by atoms with van der Waals surface area (Å²) in [5.41, 5.74) is 2.09. The Morgan fingerprint density at radius 1 is 1.47 bits per heavy atom. The van der Waals surface area contributed by atoms with Crippen molar-refractivity contribution in [2.24, 2.45) is 0 Å². The van der Waals surface area contributed by atoms with Crippen molar-refractivity contribution >= 4 is 49.4 Å². The first-order valence-electron chi connectivity index (χ1n) is 6.12. The van der Waals surface area contributed by atoms with Crippen LogP contribution in [0.4, 0.5) is 0 Å². The Morgan fingerprint density at radius 2 is 2.26 bits per heavy atom. The molecule has 1 aromatic carbocycles. The Morgan fingerprint density at radius 3 is 2.95 bits per heavy atom.